The Morgan fingerprint density at radius 2 is 1.85 bits per heavy atom. The summed E-state index contributed by atoms with van der Waals surface area (Å²) in [6.07, 6.45) is 1.98. The third kappa shape index (κ3) is 3.24. The average molecular weight is 309 g/mol. The van der Waals surface area contributed by atoms with Crippen molar-refractivity contribution < 1.29 is 8.42 Å². The Bertz CT molecular complexity index is 730. The van der Waals surface area contributed by atoms with Crippen LogP contribution in [0.2, 0.25) is 0 Å². The molecule has 2 rings (SSSR count). The van der Waals surface area contributed by atoms with Gasteiger partial charge in [-0.05, 0) is 36.6 Å². The molecule has 5 N–H and O–H groups in total. The van der Waals surface area contributed by atoms with E-state index in [0.717, 1.165) is 10.6 Å². The maximum atomic E-state index is 11.4. The summed E-state index contributed by atoms with van der Waals surface area (Å²) < 4.78 is 22.9. The summed E-state index contributed by atoms with van der Waals surface area (Å²) in [6, 6.07) is 12.4. The number of rotatable bonds is 4. The Morgan fingerprint density at radius 1 is 1.15 bits per heavy atom. The highest BCUT2D eigenvalue weighted by Gasteiger charge is 2.14. The van der Waals surface area contributed by atoms with Crippen molar-refractivity contribution in [3.8, 4) is 0 Å². The van der Waals surface area contributed by atoms with E-state index < -0.39 is 10.0 Å². The van der Waals surface area contributed by atoms with E-state index in [2.05, 4.69) is 5.32 Å². The van der Waals surface area contributed by atoms with Gasteiger partial charge in [-0.25, -0.2) is 13.6 Å². The first-order valence-corrected chi connectivity index (χ1v) is 8.51. The number of anilines is 3. The maximum Gasteiger partial charge on any atom is 0.240 e. The van der Waals surface area contributed by atoms with E-state index in [1.807, 2.05) is 30.5 Å². The Balaban J connectivity index is 2.39. The second-order valence-electron chi connectivity index (χ2n) is 4.12. The normalized spacial score (nSPS) is 11.3. The zero-order valence-electron chi connectivity index (χ0n) is 10.8. The van der Waals surface area contributed by atoms with E-state index >= 15 is 0 Å². The topological polar surface area (TPSA) is 98.2 Å². The molecule has 0 spiro atoms. The second kappa shape index (κ2) is 5.74. The van der Waals surface area contributed by atoms with Gasteiger partial charge in [0, 0.05) is 10.6 Å². The lowest BCUT2D eigenvalue weighted by molar-refractivity contribution is 0.598. The largest absolute Gasteiger partial charge is 0.396 e. The van der Waals surface area contributed by atoms with Gasteiger partial charge in [-0.2, -0.15) is 0 Å². The van der Waals surface area contributed by atoms with Crippen LogP contribution in [0.3, 0.4) is 0 Å². The van der Waals surface area contributed by atoms with Crippen LogP contribution in [0.25, 0.3) is 0 Å². The molecular formula is C13H15N3O2S2. The van der Waals surface area contributed by atoms with Gasteiger partial charge in [-0.3, -0.25) is 0 Å². The molecule has 0 bridgehead atoms. The Morgan fingerprint density at radius 3 is 2.50 bits per heavy atom. The number of nitrogens with two attached hydrogens (primary N) is 2. The lowest BCUT2D eigenvalue weighted by atomic mass is 10.2. The average Bonchev–Trinajstić information content (AvgIpc) is 2.40. The van der Waals surface area contributed by atoms with E-state index in [4.69, 9.17) is 10.9 Å². The molecule has 2 aromatic rings. The quantitative estimate of drug-likeness (QED) is 0.595. The minimum atomic E-state index is -3.83. The fraction of sp³-hybridized carbons (Fsp3) is 0.0769. The van der Waals surface area contributed by atoms with Gasteiger partial charge in [0.25, 0.3) is 0 Å². The lowest BCUT2D eigenvalue weighted by Crippen LogP contribution is -2.15. The molecule has 0 saturated carbocycles. The number of benzene rings is 2. The summed E-state index contributed by atoms with van der Waals surface area (Å²) in [5.41, 5.74) is 7.31. The predicted molar refractivity (Wildman–Crippen MR) is 83.7 cm³/mol. The molecule has 2 aromatic carbocycles. The highest BCUT2D eigenvalue weighted by atomic mass is 32.2. The molecule has 0 radical (unpaired) electrons. The molecule has 0 aliphatic heterocycles. The van der Waals surface area contributed by atoms with Crippen LogP contribution in [0.5, 0.6) is 0 Å². The van der Waals surface area contributed by atoms with Gasteiger partial charge in [-0.15, -0.1) is 11.8 Å². The molecule has 0 fully saturated rings. The molecule has 0 heterocycles. The zero-order chi connectivity index (χ0) is 14.8. The summed E-state index contributed by atoms with van der Waals surface area (Å²) in [4.78, 5) is 1.01. The third-order valence-electron chi connectivity index (χ3n) is 2.72. The number of thioether (sulfide) groups is 1. The second-order valence-corrected chi connectivity index (χ2v) is 6.53. The third-order valence-corrected chi connectivity index (χ3v) is 4.42. The molecule has 0 amide bonds. The van der Waals surface area contributed by atoms with Crippen molar-refractivity contribution in [1.82, 2.24) is 0 Å². The number of hydrogen-bond acceptors (Lipinski definition) is 5. The van der Waals surface area contributed by atoms with Crippen LogP contribution in [-0.4, -0.2) is 14.7 Å². The highest BCUT2D eigenvalue weighted by Crippen LogP contribution is 2.29. The Kier molecular flexibility index (Phi) is 4.22. The van der Waals surface area contributed by atoms with Gasteiger partial charge in [-0.1, -0.05) is 12.1 Å². The van der Waals surface area contributed by atoms with Crippen LogP contribution in [0, 0.1) is 0 Å². The molecule has 106 valence electrons. The number of sulfonamides is 1. The summed E-state index contributed by atoms with van der Waals surface area (Å²) in [5, 5.41) is 8.23. The van der Waals surface area contributed by atoms with Gasteiger partial charge >= 0.3 is 0 Å². The van der Waals surface area contributed by atoms with Crippen molar-refractivity contribution in [2.75, 3.05) is 17.3 Å². The van der Waals surface area contributed by atoms with E-state index in [1.54, 1.807) is 23.9 Å². The summed E-state index contributed by atoms with van der Waals surface area (Å²) in [5.74, 6) is 0. The number of nitrogen functional groups attached to an aromatic ring is 1. The summed E-state index contributed by atoms with van der Waals surface area (Å²) in [6.45, 7) is 0. The van der Waals surface area contributed by atoms with Crippen LogP contribution in [0.15, 0.2) is 52.3 Å². The first kappa shape index (κ1) is 14.7. The molecule has 7 heteroatoms. The van der Waals surface area contributed by atoms with Crippen molar-refractivity contribution in [2.45, 2.75) is 9.79 Å². The van der Waals surface area contributed by atoms with Gasteiger partial charge < -0.3 is 11.1 Å². The smallest absolute Gasteiger partial charge is 0.240 e. The van der Waals surface area contributed by atoms with E-state index in [0.29, 0.717) is 5.69 Å². The monoisotopic (exact) mass is 309 g/mol. The predicted octanol–water partition coefficient (Wildman–Crippen LogP) is 2.38. The van der Waals surface area contributed by atoms with Crippen molar-refractivity contribution in [3.05, 3.63) is 42.5 Å². The Labute approximate surface area is 122 Å². The number of primary sulfonamides is 1. The van der Waals surface area contributed by atoms with E-state index in [1.165, 1.54) is 6.07 Å². The Hall–Kier alpha value is -1.70. The molecule has 0 aliphatic rings. The fourth-order valence-electron chi connectivity index (χ4n) is 1.76. The first-order chi connectivity index (χ1) is 9.41. The van der Waals surface area contributed by atoms with Crippen LogP contribution < -0.4 is 16.2 Å². The van der Waals surface area contributed by atoms with E-state index in [-0.39, 0.29) is 10.6 Å². The minimum Gasteiger partial charge on any atom is -0.396 e. The molecule has 0 unspecified atom stereocenters. The number of nitrogens with one attached hydrogen (secondary N) is 1. The highest BCUT2D eigenvalue weighted by molar-refractivity contribution is 7.98. The van der Waals surface area contributed by atoms with E-state index in [9.17, 15) is 8.42 Å². The molecular weight excluding hydrogens is 294 g/mol. The summed E-state index contributed by atoms with van der Waals surface area (Å²) in [7, 11) is -3.83. The molecule has 20 heavy (non-hydrogen) atoms. The number of para-hydroxylation sites is 1. The van der Waals surface area contributed by atoms with Crippen LogP contribution >= 0.6 is 11.8 Å². The van der Waals surface area contributed by atoms with Crippen molar-refractivity contribution in [2.24, 2.45) is 5.14 Å². The van der Waals surface area contributed by atoms with Crippen LogP contribution in [0.4, 0.5) is 17.1 Å². The van der Waals surface area contributed by atoms with Gasteiger partial charge in [0.1, 0.15) is 4.90 Å². The SMILES string of the molecule is CSc1cccc(Nc2cccc(S(N)(=O)=O)c2N)c1. The van der Waals surface area contributed by atoms with Crippen molar-refractivity contribution in [1.29, 1.82) is 0 Å². The van der Waals surface area contributed by atoms with Crippen molar-refractivity contribution >= 4 is 38.8 Å². The maximum absolute atomic E-state index is 11.4. The van der Waals surface area contributed by atoms with Gasteiger partial charge in [0.05, 0.1) is 11.4 Å². The minimum absolute atomic E-state index is 0.0801. The lowest BCUT2D eigenvalue weighted by Gasteiger charge is -2.12. The van der Waals surface area contributed by atoms with Gasteiger partial charge in [0.15, 0.2) is 0 Å². The molecule has 0 aliphatic carbocycles. The molecule has 5 nitrogen and oxygen atoms in total. The summed E-state index contributed by atoms with van der Waals surface area (Å²) >= 11 is 1.62. The zero-order valence-corrected chi connectivity index (χ0v) is 12.5. The standard InChI is InChI=1S/C13H15N3O2S2/c1-19-10-5-2-4-9(8-10)16-11-6-3-7-12(13(11)14)20(15,17)18/h2-8,16H,14H2,1H3,(H2,15,17,18). The van der Waals surface area contributed by atoms with Crippen molar-refractivity contribution in [3.63, 3.8) is 0 Å². The molecule has 0 atom stereocenters. The fourth-order valence-corrected chi connectivity index (χ4v) is 2.90. The van der Waals surface area contributed by atoms with Crippen LogP contribution in [-0.2, 0) is 10.0 Å². The molecule has 0 aromatic heterocycles. The number of hydrogen-bond donors (Lipinski definition) is 3. The molecule has 0 saturated heterocycles. The van der Waals surface area contributed by atoms with Gasteiger partial charge in [0.2, 0.25) is 10.0 Å². The first-order valence-electron chi connectivity index (χ1n) is 5.74. The van der Waals surface area contributed by atoms with Crippen LogP contribution in [0.1, 0.15) is 0 Å².